The number of hydrogen-bond donors (Lipinski definition) is 0. The lowest BCUT2D eigenvalue weighted by atomic mass is 9.88. The van der Waals surface area contributed by atoms with Crippen LogP contribution in [0.3, 0.4) is 0 Å². The molecule has 88 valence electrons. The average molecular weight is 220 g/mol. The van der Waals surface area contributed by atoms with Crippen LogP contribution in [0.5, 0.6) is 0 Å². The summed E-state index contributed by atoms with van der Waals surface area (Å²) in [6.45, 7) is 7.43. The van der Waals surface area contributed by atoms with E-state index >= 15 is 0 Å². The zero-order valence-corrected chi connectivity index (χ0v) is 10.4. The minimum Gasteiger partial charge on any atom is -0.366 e. The van der Waals surface area contributed by atoms with Crippen LogP contribution in [0, 0.1) is 6.92 Å². The van der Waals surface area contributed by atoms with Gasteiger partial charge in [0.05, 0.1) is 24.0 Å². The van der Waals surface area contributed by atoms with Crippen molar-refractivity contribution in [3.8, 4) is 0 Å². The van der Waals surface area contributed by atoms with Gasteiger partial charge in [-0.2, -0.15) is 5.10 Å². The van der Waals surface area contributed by atoms with E-state index in [4.69, 9.17) is 4.74 Å². The van der Waals surface area contributed by atoms with E-state index in [1.807, 2.05) is 6.20 Å². The van der Waals surface area contributed by atoms with Crippen molar-refractivity contribution in [1.82, 2.24) is 9.78 Å². The predicted molar refractivity (Wildman–Crippen MR) is 62.4 cm³/mol. The SMILES string of the molecule is CCC1(CC)OCC2(CC2)n2ncc(C)c21. The molecule has 0 atom stereocenters. The molecule has 1 fully saturated rings. The van der Waals surface area contributed by atoms with Crippen molar-refractivity contribution in [3.63, 3.8) is 0 Å². The summed E-state index contributed by atoms with van der Waals surface area (Å²) in [6, 6.07) is 0. The van der Waals surface area contributed by atoms with Crippen LogP contribution in [0.2, 0.25) is 0 Å². The van der Waals surface area contributed by atoms with Crippen LogP contribution in [0.4, 0.5) is 0 Å². The van der Waals surface area contributed by atoms with E-state index in [1.165, 1.54) is 24.1 Å². The van der Waals surface area contributed by atoms with Gasteiger partial charge >= 0.3 is 0 Å². The Hall–Kier alpha value is -0.830. The van der Waals surface area contributed by atoms with Crippen molar-refractivity contribution < 1.29 is 4.74 Å². The Bertz CT molecular complexity index is 414. The number of rotatable bonds is 2. The van der Waals surface area contributed by atoms with E-state index in [9.17, 15) is 0 Å². The first-order chi connectivity index (χ1) is 7.67. The summed E-state index contributed by atoms with van der Waals surface area (Å²) in [7, 11) is 0. The molecule has 0 aromatic carbocycles. The normalized spacial score (nSPS) is 24.4. The molecule has 1 spiro atoms. The van der Waals surface area contributed by atoms with E-state index in [0.29, 0.717) is 0 Å². The highest BCUT2D eigenvalue weighted by Gasteiger charge is 2.54. The lowest BCUT2D eigenvalue weighted by molar-refractivity contribution is -0.106. The highest BCUT2D eigenvalue weighted by atomic mass is 16.5. The van der Waals surface area contributed by atoms with Crippen molar-refractivity contribution in [2.45, 2.75) is 57.6 Å². The molecule has 3 heteroatoms. The van der Waals surface area contributed by atoms with Crippen LogP contribution in [-0.4, -0.2) is 16.4 Å². The number of aryl methyl sites for hydroxylation is 1. The zero-order valence-electron chi connectivity index (χ0n) is 10.4. The summed E-state index contributed by atoms with van der Waals surface area (Å²) in [6.07, 6.45) is 6.53. The molecule has 16 heavy (non-hydrogen) atoms. The Morgan fingerprint density at radius 1 is 1.38 bits per heavy atom. The minimum atomic E-state index is -0.0889. The first kappa shape index (κ1) is 10.3. The lowest BCUT2D eigenvalue weighted by Crippen LogP contribution is -2.44. The summed E-state index contributed by atoms with van der Waals surface area (Å²) in [5.41, 5.74) is 2.75. The van der Waals surface area contributed by atoms with E-state index in [0.717, 1.165) is 19.4 Å². The first-order valence-electron chi connectivity index (χ1n) is 6.37. The van der Waals surface area contributed by atoms with E-state index in [2.05, 4.69) is 30.6 Å². The minimum absolute atomic E-state index is 0.0889. The monoisotopic (exact) mass is 220 g/mol. The second-order valence-corrected chi connectivity index (χ2v) is 5.30. The van der Waals surface area contributed by atoms with Crippen molar-refractivity contribution in [3.05, 3.63) is 17.5 Å². The maximum absolute atomic E-state index is 6.25. The Morgan fingerprint density at radius 2 is 2.06 bits per heavy atom. The van der Waals surface area contributed by atoms with Gasteiger partial charge < -0.3 is 4.74 Å². The summed E-state index contributed by atoms with van der Waals surface area (Å²) < 4.78 is 8.52. The van der Waals surface area contributed by atoms with E-state index in [-0.39, 0.29) is 11.1 Å². The van der Waals surface area contributed by atoms with E-state index < -0.39 is 0 Å². The summed E-state index contributed by atoms with van der Waals surface area (Å²) in [5.74, 6) is 0. The van der Waals surface area contributed by atoms with Crippen molar-refractivity contribution >= 4 is 0 Å². The third kappa shape index (κ3) is 1.10. The molecule has 0 bridgehead atoms. The molecule has 1 aliphatic heterocycles. The van der Waals surface area contributed by atoms with Gasteiger partial charge in [0.1, 0.15) is 5.60 Å². The molecule has 1 aliphatic carbocycles. The molecule has 0 saturated heterocycles. The standard InChI is InChI=1S/C13H20N2O/c1-4-13(5-2)11-10(3)8-14-15(11)12(6-7-12)9-16-13/h8H,4-7,9H2,1-3H3. The Morgan fingerprint density at radius 3 is 2.62 bits per heavy atom. The fourth-order valence-corrected chi connectivity index (χ4v) is 3.03. The van der Waals surface area contributed by atoms with Crippen LogP contribution in [0.25, 0.3) is 0 Å². The third-order valence-corrected chi connectivity index (χ3v) is 4.42. The number of ether oxygens (including phenoxy) is 1. The van der Waals surface area contributed by atoms with Gasteiger partial charge in [0.15, 0.2) is 0 Å². The molecule has 3 rings (SSSR count). The molecule has 1 aromatic heterocycles. The number of aromatic nitrogens is 2. The van der Waals surface area contributed by atoms with Gasteiger partial charge in [0.2, 0.25) is 0 Å². The summed E-state index contributed by atoms with van der Waals surface area (Å²) in [4.78, 5) is 0. The van der Waals surface area contributed by atoms with Crippen LogP contribution in [0.1, 0.15) is 50.8 Å². The van der Waals surface area contributed by atoms with Crippen LogP contribution in [0.15, 0.2) is 6.20 Å². The van der Waals surface area contributed by atoms with Gasteiger partial charge in [-0.25, -0.2) is 0 Å². The van der Waals surface area contributed by atoms with Crippen LogP contribution < -0.4 is 0 Å². The highest BCUT2D eigenvalue weighted by Crippen LogP contribution is 2.52. The zero-order chi connectivity index (χ0) is 11.4. The molecule has 0 unspecified atom stereocenters. The molecule has 1 saturated carbocycles. The fraction of sp³-hybridized carbons (Fsp3) is 0.769. The smallest absolute Gasteiger partial charge is 0.110 e. The van der Waals surface area contributed by atoms with Crippen LogP contribution >= 0.6 is 0 Å². The third-order valence-electron chi connectivity index (χ3n) is 4.42. The van der Waals surface area contributed by atoms with Gasteiger partial charge in [-0.05, 0) is 38.2 Å². The molecular formula is C13H20N2O. The van der Waals surface area contributed by atoms with Gasteiger partial charge in [0, 0.05) is 0 Å². The van der Waals surface area contributed by atoms with Gasteiger partial charge in [0.25, 0.3) is 0 Å². The molecule has 1 aromatic rings. The maximum atomic E-state index is 6.25. The molecular weight excluding hydrogens is 200 g/mol. The topological polar surface area (TPSA) is 27.1 Å². The number of fused-ring (bicyclic) bond motifs is 2. The lowest BCUT2D eigenvalue weighted by Gasteiger charge is -2.41. The molecule has 0 radical (unpaired) electrons. The number of hydrogen-bond acceptors (Lipinski definition) is 2. The second kappa shape index (κ2) is 3.10. The van der Waals surface area contributed by atoms with E-state index in [1.54, 1.807) is 0 Å². The fourth-order valence-electron chi connectivity index (χ4n) is 3.03. The highest BCUT2D eigenvalue weighted by molar-refractivity contribution is 5.28. The quantitative estimate of drug-likeness (QED) is 0.766. The second-order valence-electron chi connectivity index (χ2n) is 5.30. The van der Waals surface area contributed by atoms with Crippen molar-refractivity contribution in [2.24, 2.45) is 0 Å². The molecule has 0 amide bonds. The largest absolute Gasteiger partial charge is 0.366 e. The average Bonchev–Trinajstić information content (AvgIpc) is 2.98. The van der Waals surface area contributed by atoms with Crippen molar-refractivity contribution in [1.29, 1.82) is 0 Å². The van der Waals surface area contributed by atoms with Crippen molar-refractivity contribution in [2.75, 3.05) is 6.61 Å². The maximum Gasteiger partial charge on any atom is 0.110 e. The Kier molecular flexibility index (Phi) is 2.00. The molecule has 2 heterocycles. The Labute approximate surface area is 96.8 Å². The summed E-state index contributed by atoms with van der Waals surface area (Å²) >= 11 is 0. The first-order valence-corrected chi connectivity index (χ1v) is 6.37. The molecule has 3 nitrogen and oxygen atoms in total. The van der Waals surface area contributed by atoms with Gasteiger partial charge in [-0.15, -0.1) is 0 Å². The molecule has 2 aliphatic rings. The van der Waals surface area contributed by atoms with Gasteiger partial charge in [-0.3, -0.25) is 4.68 Å². The van der Waals surface area contributed by atoms with Crippen LogP contribution in [-0.2, 0) is 15.9 Å². The summed E-state index contributed by atoms with van der Waals surface area (Å²) in [5, 5.41) is 4.60. The molecule has 0 N–H and O–H groups in total. The predicted octanol–water partition coefficient (Wildman–Crippen LogP) is 2.73. The Balaban J connectivity index is 2.17. The van der Waals surface area contributed by atoms with Gasteiger partial charge in [-0.1, -0.05) is 13.8 Å². The number of nitrogens with zero attached hydrogens (tertiary/aromatic N) is 2.